The molecular weight excluding hydrogens is 246 g/mol. The summed E-state index contributed by atoms with van der Waals surface area (Å²) >= 11 is 0. The average Bonchev–Trinajstić information content (AvgIpc) is 2.22. The van der Waals surface area contributed by atoms with Crippen molar-refractivity contribution in [3.8, 4) is 0 Å². The third-order valence-corrected chi connectivity index (χ3v) is 4.92. The predicted molar refractivity (Wildman–Crippen MR) is 79.7 cm³/mol. The molecule has 0 aromatic rings. The quantitative estimate of drug-likeness (QED) is 0.659. The van der Waals surface area contributed by atoms with Gasteiger partial charge in [0.25, 0.3) is 0 Å². The number of hydrogen-bond acceptors (Lipinski definition) is 3. The van der Waals surface area contributed by atoms with Crippen LogP contribution in [0.5, 0.6) is 0 Å². The highest BCUT2D eigenvalue weighted by Crippen LogP contribution is 2.21. The maximum atomic E-state index is 12.1. The van der Waals surface area contributed by atoms with E-state index >= 15 is 0 Å². The summed E-state index contributed by atoms with van der Waals surface area (Å²) in [6.45, 7) is 11.4. The Morgan fingerprint density at radius 1 is 1.06 bits per heavy atom. The van der Waals surface area contributed by atoms with Crippen molar-refractivity contribution in [3.05, 3.63) is 0 Å². The molecule has 0 aliphatic rings. The molecule has 0 bridgehead atoms. The number of unbranched alkanes of at least 4 members (excludes halogenated alkanes) is 2. The average molecular weight is 277 g/mol. The molecule has 0 heterocycles. The van der Waals surface area contributed by atoms with E-state index < -0.39 is 9.84 Å². The molecule has 110 valence electrons. The Morgan fingerprint density at radius 2 is 1.67 bits per heavy atom. The van der Waals surface area contributed by atoms with Crippen LogP contribution >= 0.6 is 0 Å². The molecule has 0 aliphatic carbocycles. The predicted octanol–water partition coefficient (Wildman–Crippen LogP) is 3.01. The van der Waals surface area contributed by atoms with Gasteiger partial charge in [0, 0.05) is 6.04 Å². The standard InChI is InChI=1S/C14H31NO2S/c1-6-8-9-11-18(16,17)12-13(14(3,4)5)15-10-7-2/h13,15H,6-12H2,1-5H3. The molecule has 0 aromatic carbocycles. The highest BCUT2D eigenvalue weighted by molar-refractivity contribution is 7.91. The molecule has 4 heteroatoms. The van der Waals surface area contributed by atoms with Gasteiger partial charge in [-0.15, -0.1) is 0 Å². The second kappa shape index (κ2) is 8.16. The van der Waals surface area contributed by atoms with Crippen LogP contribution in [0.1, 0.15) is 60.3 Å². The summed E-state index contributed by atoms with van der Waals surface area (Å²) in [7, 11) is -2.93. The van der Waals surface area contributed by atoms with Crippen LogP contribution in [-0.4, -0.2) is 32.5 Å². The largest absolute Gasteiger partial charge is 0.312 e. The molecule has 0 saturated heterocycles. The van der Waals surface area contributed by atoms with Crippen LogP contribution in [0.4, 0.5) is 0 Å². The monoisotopic (exact) mass is 277 g/mol. The minimum Gasteiger partial charge on any atom is -0.312 e. The van der Waals surface area contributed by atoms with Gasteiger partial charge in [0.1, 0.15) is 0 Å². The van der Waals surface area contributed by atoms with Gasteiger partial charge in [-0.1, -0.05) is 47.5 Å². The van der Waals surface area contributed by atoms with Crippen molar-refractivity contribution >= 4 is 9.84 Å². The molecule has 0 rings (SSSR count). The lowest BCUT2D eigenvalue weighted by Crippen LogP contribution is -2.46. The van der Waals surface area contributed by atoms with E-state index in [9.17, 15) is 8.42 Å². The van der Waals surface area contributed by atoms with Crippen molar-refractivity contribution in [3.63, 3.8) is 0 Å². The fourth-order valence-electron chi connectivity index (χ4n) is 1.84. The molecule has 0 radical (unpaired) electrons. The zero-order valence-corrected chi connectivity index (χ0v) is 13.6. The molecule has 0 aliphatic heterocycles. The Morgan fingerprint density at radius 3 is 2.11 bits per heavy atom. The van der Waals surface area contributed by atoms with Gasteiger partial charge >= 0.3 is 0 Å². The van der Waals surface area contributed by atoms with E-state index in [4.69, 9.17) is 0 Å². The van der Waals surface area contributed by atoms with Gasteiger partial charge in [-0.25, -0.2) is 8.42 Å². The molecule has 1 atom stereocenters. The van der Waals surface area contributed by atoms with Gasteiger partial charge in [0.05, 0.1) is 11.5 Å². The summed E-state index contributed by atoms with van der Waals surface area (Å²) in [4.78, 5) is 0. The molecule has 0 fully saturated rings. The lowest BCUT2D eigenvalue weighted by Gasteiger charge is -2.31. The van der Waals surface area contributed by atoms with Crippen molar-refractivity contribution in [2.45, 2.75) is 66.3 Å². The fraction of sp³-hybridized carbons (Fsp3) is 1.00. The van der Waals surface area contributed by atoms with Crippen LogP contribution in [-0.2, 0) is 9.84 Å². The van der Waals surface area contributed by atoms with Gasteiger partial charge in [-0.3, -0.25) is 0 Å². The van der Waals surface area contributed by atoms with E-state index in [1.807, 2.05) is 0 Å². The van der Waals surface area contributed by atoms with Gasteiger partial charge < -0.3 is 5.32 Å². The number of nitrogens with one attached hydrogen (secondary N) is 1. The van der Waals surface area contributed by atoms with Crippen molar-refractivity contribution in [2.24, 2.45) is 5.41 Å². The molecule has 0 saturated carbocycles. The number of rotatable bonds is 9. The summed E-state index contributed by atoms with van der Waals surface area (Å²) in [5.41, 5.74) is -0.0208. The maximum absolute atomic E-state index is 12.1. The third kappa shape index (κ3) is 8.09. The van der Waals surface area contributed by atoms with Crippen LogP contribution in [0.3, 0.4) is 0 Å². The van der Waals surface area contributed by atoms with E-state index in [-0.39, 0.29) is 17.2 Å². The first kappa shape index (κ1) is 17.9. The second-order valence-electron chi connectivity index (χ2n) is 6.19. The fourth-order valence-corrected chi connectivity index (χ4v) is 3.78. The highest BCUT2D eigenvalue weighted by atomic mass is 32.2. The van der Waals surface area contributed by atoms with E-state index in [1.165, 1.54) is 0 Å². The lowest BCUT2D eigenvalue weighted by molar-refractivity contribution is 0.288. The zero-order chi connectivity index (χ0) is 14.2. The molecule has 0 spiro atoms. The van der Waals surface area contributed by atoms with Gasteiger partial charge in [0.15, 0.2) is 9.84 Å². The normalized spacial score (nSPS) is 14.7. The first-order chi connectivity index (χ1) is 8.23. The van der Waals surface area contributed by atoms with Crippen molar-refractivity contribution in [1.82, 2.24) is 5.32 Å². The van der Waals surface area contributed by atoms with Crippen molar-refractivity contribution < 1.29 is 8.42 Å². The second-order valence-corrected chi connectivity index (χ2v) is 8.42. The third-order valence-electron chi connectivity index (χ3n) is 3.17. The Hall–Kier alpha value is -0.0900. The number of sulfone groups is 1. The molecular formula is C14H31NO2S. The van der Waals surface area contributed by atoms with Crippen LogP contribution in [0.2, 0.25) is 0 Å². The summed E-state index contributed by atoms with van der Waals surface area (Å²) in [6, 6.07) is 0.0454. The molecule has 0 aromatic heterocycles. The Bertz CT molecular complexity index is 304. The summed E-state index contributed by atoms with van der Waals surface area (Å²) in [5.74, 6) is 0.599. The van der Waals surface area contributed by atoms with Crippen molar-refractivity contribution in [2.75, 3.05) is 18.1 Å². The van der Waals surface area contributed by atoms with Gasteiger partial charge in [0.2, 0.25) is 0 Å². The van der Waals surface area contributed by atoms with E-state index in [0.717, 1.165) is 32.2 Å². The highest BCUT2D eigenvalue weighted by Gasteiger charge is 2.28. The molecule has 0 amide bonds. The minimum atomic E-state index is -2.93. The first-order valence-corrected chi connectivity index (χ1v) is 8.99. The van der Waals surface area contributed by atoms with E-state index in [2.05, 4.69) is 39.9 Å². The minimum absolute atomic E-state index is 0.0208. The molecule has 1 N–H and O–H groups in total. The maximum Gasteiger partial charge on any atom is 0.151 e. The van der Waals surface area contributed by atoms with Gasteiger partial charge in [-0.05, 0) is 24.8 Å². The Labute approximate surface area is 114 Å². The zero-order valence-electron chi connectivity index (χ0n) is 12.8. The summed E-state index contributed by atoms with van der Waals surface area (Å²) < 4.78 is 24.2. The van der Waals surface area contributed by atoms with Crippen LogP contribution in [0, 0.1) is 5.41 Å². The van der Waals surface area contributed by atoms with Crippen molar-refractivity contribution in [1.29, 1.82) is 0 Å². The molecule has 18 heavy (non-hydrogen) atoms. The Kier molecular flexibility index (Phi) is 8.11. The van der Waals surface area contributed by atoms with E-state index in [1.54, 1.807) is 0 Å². The van der Waals surface area contributed by atoms with Crippen LogP contribution in [0.25, 0.3) is 0 Å². The Balaban J connectivity index is 4.46. The van der Waals surface area contributed by atoms with Gasteiger partial charge in [-0.2, -0.15) is 0 Å². The van der Waals surface area contributed by atoms with E-state index in [0.29, 0.717) is 5.75 Å². The molecule has 3 nitrogen and oxygen atoms in total. The SMILES string of the molecule is CCCCCS(=O)(=O)CC(NCCC)C(C)(C)C. The van der Waals surface area contributed by atoms with Crippen LogP contribution < -0.4 is 5.32 Å². The topological polar surface area (TPSA) is 46.2 Å². The summed E-state index contributed by atoms with van der Waals surface area (Å²) in [5, 5.41) is 3.38. The first-order valence-electron chi connectivity index (χ1n) is 7.16. The smallest absolute Gasteiger partial charge is 0.151 e. The van der Waals surface area contributed by atoms with Crippen LogP contribution in [0.15, 0.2) is 0 Å². The summed E-state index contributed by atoms with van der Waals surface area (Å²) in [6.07, 6.45) is 3.89. The number of hydrogen-bond donors (Lipinski definition) is 1. The lowest BCUT2D eigenvalue weighted by atomic mass is 9.88. The molecule has 1 unspecified atom stereocenters.